The molecular formula is C8H14N2O2. The lowest BCUT2D eigenvalue weighted by atomic mass is 9.88. The molecule has 0 amide bonds. The van der Waals surface area contributed by atoms with E-state index in [9.17, 15) is 4.79 Å². The van der Waals surface area contributed by atoms with Crippen molar-refractivity contribution in [3.05, 3.63) is 0 Å². The summed E-state index contributed by atoms with van der Waals surface area (Å²) in [5.74, 6) is -0.225. The molecule has 2 fully saturated rings. The molecule has 0 radical (unpaired) electrons. The van der Waals surface area contributed by atoms with Crippen molar-refractivity contribution in [1.82, 2.24) is 5.32 Å². The van der Waals surface area contributed by atoms with E-state index in [1.54, 1.807) is 0 Å². The first-order chi connectivity index (χ1) is 5.63. The highest BCUT2D eigenvalue weighted by atomic mass is 16.4. The van der Waals surface area contributed by atoms with Gasteiger partial charge < -0.3 is 16.2 Å². The number of hydrogen-bond acceptors (Lipinski definition) is 3. The molecule has 4 heteroatoms. The van der Waals surface area contributed by atoms with Crippen molar-refractivity contribution in [1.29, 1.82) is 0 Å². The van der Waals surface area contributed by atoms with E-state index in [0.717, 1.165) is 19.5 Å². The number of hydrogen-bond donors (Lipinski definition) is 3. The highest BCUT2D eigenvalue weighted by molar-refractivity contribution is 5.79. The van der Waals surface area contributed by atoms with E-state index in [0.29, 0.717) is 12.3 Å². The fourth-order valence-electron chi connectivity index (χ4n) is 2.48. The van der Waals surface area contributed by atoms with Gasteiger partial charge in [-0.05, 0) is 25.3 Å². The van der Waals surface area contributed by atoms with E-state index >= 15 is 0 Å². The first kappa shape index (κ1) is 8.01. The van der Waals surface area contributed by atoms with E-state index in [-0.39, 0.29) is 5.92 Å². The van der Waals surface area contributed by atoms with Gasteiger partial charge in [0.05, 0.1) is 0 Å². The average molecular weight is 170 g/mol. The Hall–Kier alpha value is -0.610. The number of nitrogens with one attached hydrogen (secondary N) is 1. The summed E-state index contributed by atoms with van der Waals surface area (Å²) >= 11 is 0. The van der Waals surface area contributed by atoms with Crippen LogP contribution in [0.1, 0.15) is 12.8 Å². The van der Waals surface area contributed by atoms with Gasteiger partial charge in [-0.3, -0.25) is 4.79 Å². The van der Waals surface area contributed by atoms with Crippen LogP contribution in [0, 0.1) is 11.8 Å². The number of aliphatic carboxylic acids is 1. The van der Waals surface area contributed by atoms with Gasteiger partial charge in [0.1, 0.15) is 5.54 Å². The van der Waals surface area contributed by atoms with Crippen molar-refractivity contribution >= 4 is 5.97 Å². The molecule has 12 heavy (non-hydrogen) atoms. The maximum Gasteiger partial charge on any atom is 0.324 e. The minimum absolute atomic E-state index is 0.133. The quantitative estimate of drug-likeness (QED) is 0.491. The summed E-state index contributed by atoms with van der Waals surface area (Å²) in [5, 5.41) is 12.2. The summed E-state index contributed by atoms with van der Waals surface area (Å²) in [6.45, 7) is 1.70. The topological polar surface area (TPSA) is 75.4 Å². The molecule has 3 atom stereocenters. The minimum Gasteiger partial charge on any atom is -0.480 e. The van der Waals surface area contributed by atoms with E-state index in [2.05, 4.69) is 5.32 Å². The Labute approximate surface area is 71.1 Å². The van der Waals surface area contributed by atoms with Crippen molar-refractivity contribution < 1.29 is 9.90 Å². The Kier molecular flexibility index (Phi) is 1.63. The molecule has 0 aromatic carbocycles. The highest BCUT2D eigenvalue weighted by Crippen LogP contribution is 2.39. The third kappa shape index (κ3) is 0.949. The second kappa shape index (κ2) is 2.44. The summed E-state index contributed by atoms with van der Waals surface area (Å²) in [6.07, 6.45) is 1.62. The number of rotatable bonds is 1. The lowest BCUT2D eigenvalue weighted by Crippen LogP contribution is -2.53. The molecule has 1 aliphatic carbocycles. The van der Waals surface area contributed by atoms with Crippen molar-refractivity contribution in [3.8, 4) is 0 Å². The van der Waals surface area contributed by atoms with Gasteiger partial charge >= 0.3 is 5.97 Å². The van der Waals surface area contributed by atoms with Gasteiger partial charge in [0.15, 0.2) is 0 Å². The van der Waals surface area contributed by atoms with Crippen molar-refractivity contribution in [2.45, 2.75) is 18.4 Å². The SMILES string of the molecule is N[C@]1(C(=O)O)C[C@@H]2CNC[C@H]1C2. The molecule has 0 unspecified atom stereocenters. The van der Waals surface area contributed by atoms with Crippen LogP contribution in [0.3, 0.4) is 0 Å². The van der Waals surface area contributed by atoms with Gasteiger partial charge in [-0.15, -0.1) is 0 Å². The van der Waals surface area contributed by atoms with E-state index in [1.165, 1.54) is 0 Å². The molecule has 0 spiro atoms. The molecular weight excluding hydrogens is 156 g/mol. The smallest absolute Gasteiger partial charge is 0.324 e. The molecule has 1 saturated heterocycles. The normalized spacial score (nSPS) is 46.1. The van der Waals surface area contributed by atoms with E-state index in [1.807, 2.05) is 0 Å². The predicted octanol–water partition coefficient (Wildman–Crippen LogP) is -0.602. The van der Waals surface area contributed by atoms with Gasteiger partial charge in [-0.1, -0.05) is 0 Å². The molecule has 2 aliphatic rings. The zero-order chi connectivity index (χ0) is 8.77. The maximum atomic E-state index is 10.9. The van der Waals surface area contributed by atoms with Crippen molar-refractivity contribution in [3.63, 3.8) is 0 Å². The van der Waals surface area contributed by atoms with Crippen LogP contribution in [0.4, 0.5) is 0 Å². The van der Waals surface area contributed by atoms with Crippen molar-refractivity contribution in [2.24, 2.45) is 17.6 Å². The molecule has 4 nitrogen and oxygen atoms in total. The largest absolute Gasteiger partial charge is 0.480 e. The summed E-state index contributed by atoms with van der Waals surface area (Å²) in [7, 11) is 0. The van der Waals surface area contributed by atoms with E-state index in [4.69, 9.17) is 10.8 Å². The molecule has 2 rings (SSSR count). The third-order valence-corrected chi connectivity index (χ3v) is 3.19. The number of carbonyl (C=O) groups is 1. The zero-order valence-corrected chi connectivity index (χ0v) is 6.92. The van der Waals surface area contributed by atoms with Gasteiger partial charge in [0.25, 0.3) is 0 Å². The molecule has 1 heterocycles. The van der Waals surface area contributed by atoms with Crippen molar-refractivity contribution in [2.75, 3.05) is 13.1 Å². The predicted molar refractivity (Wildman–Crippen MR) is 43.6 cm³/mol. The van der Waals surface area contributed by atoms with Gasteiger partial charge in [0, 0.05) is 12.5 Å². The Morgan fingerprint density at radius 3 is 2.92 bits per heavy atom. The van der Waals surface area contributed by atoms with Crippen LogP contribution in [0.25, 0.3) is 0 Å². The molecule has 68 valence electrons. The van der Waals surface area contributed by atoms with Gasteiger partial charge in [-0.2, -0.15) is 0 Å². The van der Waals surface area contributed by atoms with Crippen LogP contribution in [0.2, 0.25) is 0 Å². The van der Waals surface area contributed by atoms with Crippen LogP contribution >= 0.6 is 0 Å². The highest BCUT2D eigenvalue weighted by Gasteiger charge is 2.51. The van der Waals surface area contributed by atoms with Crippen LogP contribution in [-0.2, 0) is 4.79 Å². The number of carboxylic acid groups (broad SMARTS) is 1. The lowest BCUT2D eigenvalue weighted by molar-refractivity contribution is -0.144. The van der Waals surface area contributed by atoms with E-state index < -0.39 is 11.5 Å². The summed E-state index contributed by atoms with van der Waals surface area (Å²) in [5.41, 5.74) is 4.90. The minimum atomic E-state index is -0.950. The van der Waals surface area contributed by atoms with Gasteiger partial charge in [0.2, 0.25) is 0 Å². The standard InChI is InChI=1S/C8H14N2O2/c9-8(7(11)12)2-5-1-6(8)4-10-3-5/h5-6,10H,1-4,9H2,(H,11,12)/t5-,6-,8-/m1/s1. The lowest BCUT2D eigenvalue weighted by Gasteiger charge is -2.26. The second-order valence-electron chi connectivity index (χ2n) is 4.01. The first-order valence-corrected chi connectivity index (χ1v) is 4.36. The fraction of sp³-hybridized carbons (Fsp3) is 0.875. The average Bonchev–Trinajstić information content (AvgIpc) is 2.25. The molecule has 1 aliphatic heterocycles. The molecule has 1 saturated carbocycles. The molecule has 0 aromatic heterocycles. The Morgan fingerprint density at radius 1 is 1.58 bits per heavy atom. The first-order valence-electron chi connectivity index (χ1n) is 4.36. The van der Waals surface area contributed by atoms with Crippen LogP contribution in [0.5, 0.6) is 0 Å². The number of piperidine rings is 1. The number of nitrogens with two attached hydrogens (primary N) is 1. The van der Waals surface area contributed by atoms with Gasteiger partial charge in [-0.25, -0.2) is 0 Å². The monoisotopic (exact) mass is 170 g/mol. The number of carboxylic acids is 1. The van der Waals surface area contributed by atoms with Crippen LogP contribution in [-0.4, -0.2) is 29.7 Å². The maximum absolute atomic E-state index is 10.9. The molecule has 0 aromatic rings. The Morgan fingerprint density at radius 2 is 2.33 bits per heavy atom. The Balaban J connectivity index is 2.23. The number of fused-ring (bicyclic) bond motifs is 2. The summed E-state index contributed by atoms with van der Waals surface area (Å²) < 4.78 is 0. The Bertz CT molecular complexity index is 219. The summed E-state index contributed by atoms with van der Waals surface area (Å²) in [6, 6.07) is 0. The van der Waals surface area contributed by atoms with Crippen LogP contribution < -0.4 is 11.1 Å². The summed E-state index contributed by atoms with van der Waals surface area (Å²) in [4.78, 5) is 10.9. The third-order valence-electron chi connectivity index (χ3n) is 3.19. The molecule has 4 N–H and O–H groups in total. The molecule has 2 bridgehead atoms. The zero-order valence-electron chi connectivity index (χ0n) is 6.92. The second-order valence-corrected chi connectivity index (χ2v) is 4.01. The van der Waals surface area contributed by atoms with Crippen LogP contribution in [0.15, 0.2) is 0 Å². The fourth-order valence-corrected chi connectivity index (χ4v) is 2.48.